The summed E-state index contributed by atoms with van der Waals surface area (Å²) in [4.78, 5) is 163. The molecule has 3 heterocycles. The minimum absolute atomic E-state index is 0.000429. The molecule has 0 saturated carbocycles. The number of aliphatic carboxylic acids is 1. The van der Waals surface area contributed by atoms with E-state index in [1.165, 1.54) is 17.4 Å². The third kappa shape index (κ3) is 24.9. The molecule has 6 N–H and O–H groups in total. The predicted molar refractivity (Wildman–Crippen MR) is 393 cm³/mol. The summed E-state index contributed by atoms with van der Waals surface area (Å²) in [7, 11) is 1.91. The van der Waals surface area contributed by atoms with E-state index in [4.69, 9.17) is 9.57 Å². The lowest BCUT2D eigenvalue weighted by Crippen LogP contribution is -2.58. The molecule has 24 heteroatoms. The minimum atomic E-state index is -1.30. The Labute approximate surface area is 608 Å². The maximum Gasteiger partial charge on any atom is 0.309 e. The SMILES string of the molecule is CCCCCON(C(=O)[C@@H](NC(=O)[C@H]1CCCCN1C)[C@@H](C)CC)[C@H](C[C@@H](OC(C)=O)c1nc(C(=O)N[C@@H](Cc2ccc(NC(=O)CCC(=O)[C@H](Cc3ccccc3)NC(=O)CCC(=O)CNC(=O)CCC(=O)N3Cc4ccccc4C#Cc4ccccc43)cc2)CC(C)(C)C(=O)O)cs1)C(C)C. The van der Waals surface area contributed by atoms with Gasteiger partial charge in [-0.3, -0.25) is 62.5 Å². The van der Waals surface area contributed by atoms with Crippen LogP contribution >= 0.6 is 11.3 Å². The molecule has 4 aromatic carbocycles. The number of carboxylic acid groups (broad SMARTS) is 1. The number of hydrogen-bond acceptors (Lipinski definition) is 16. The van der Waals surface area contributed by atoms with Gasteiger partial charge in [0.05, 0.1) is 48.9 Å². The molecule has 103 heavy (non-hydrogen) atoms. The minimum Gasteiger partial charge on any atom is -0.481 e. The number of carbonyl (C=O) groups is 11. The van der Waals surface area contributed by atoms with Crippen molar-refractivity contribution >= 4 is 87.6 Å². The number of amides is 7. The fourth-order valence-corrected chi connectivity index (χ4v) is 13.3. The van der Waals surface area contributed by atoms with Gasteiger partial charge in [-0.25, -0.2) is 10.0 Å². The fourth-order valence-electron chi connectivity index (χ4n) is 12.4. The molecule has 5 aromatic rings. The summed E-state index contributed by atoms with van der Waals surface area (Å²) < 4.78 is 5.94. The van der Waals surface area contributed by atoms with Crippen LogP contribution in [0.2, 0.25) is 0 Å². The van der Waals surface area contributed by atoms with Crippen molar-refractivity contribution in [3.63, 3.8) is 0 Å². The van der Waals surface area contributed by atoms with Crippen LogP contribution in [0.15, 0.2) is 109 Å². The quantitative estimate of drug-likeness (QED) is 0.00922. The van der Waals surface area contributed by atoms with E-state index < -0.39 is 88.7 Å². The second-order valence-corrected chi connectivity index (χ2v) is 28.7. The molecule has 0 unspecified atom stereocenters. The molecular formula is C79H101N9O14S. The third-order valence-electron chi connectivity index (χ3n) is 18.8. The van der Waals surface area contributed by atoms with Crippen molar-refractivity contribution in [3.05, 3.63) is 147 Å². The van der Waals surface area contributed by atoms with Crippen LogP contribution in [0, 0.1) is 29.1 Å². The third-order valence-corrected chi connectivity index (χ3v) is 19.7. The van der Waals surface area contributed by atoms with Crippen molar-refractivity contribution in [1.82, 2.24) is 36.2 Å². The number of hydrogen-bond donors (Lipinski definition) is 6. The molecule has 2 aliphatic rings. The van der Waals surface area contributed by atoms with E-state index in [2.05, 4.69) is 50.3 Å². The Morgan fingerprint density at radius 1 is 0.748 bits per heavy atom. The highest BCUT2D eigenvalue weighted by Gasteiger charge is 2.41. The number of rotatable bonds is 39. The number of likely N-dealkylation sites (N-methyl/N-ethyl adjacent to an activating group) is 1. The van der Waals surface area contributed by atoms with Crippen molar-refractivity contribution in [3.8, 4) is 11.8 Å². The van der Waals surface area contributed by atoms with Gasteiger partial charge < -0.3 is 41.3 Å². The van der Waals surface area contributed by atoms with Crippen LogP contribution in [0.3, 0.4) is 0 Å². The number of carboxylic acids is 1. The number of piperidine rings is 1. The Hall–Kier alpha value is -9.44. The first-order chi connectivity index (χ1) is 49.2. The molecule has 1 saturated heterocycles. The number of nitrogens with zero attached hydrogens (tertiary/aromatic N) is 4. The van der Waals surface area contributed by atoms with E-state index in [0.717, 1.165) is 60.3 Å². The number of ether oxygens (including phenoxy) is 1. The second kappa shape index (κ2) is 39.8. The van der Waals surface area contributed by atoms with Crippen LogP contribution in [0.25, 0.3) is 0 Å². The van der Waals surface area contributed by atoms with Gasteiger partial charge >= 0.3 is 11.9 Å². The first kappa shape index (κ1) is 80.9. The summed E-state index contributed by atoms with van der Waals surface area (Å²) in [5, 5.41) is 27.6. The van der Waals surface area contributed by atoms with E-state index in [9.17, 15) is 57.8 Å². The molecule has 552 valence electrons. The standard InChI is InChI=1S/C79H101N9O14S/c1-10-12-22-43-101-88(77(98)73(52(5)11-2)85-75(97)65-29-20-21-42-86(65)9)66(51(3)4)46-68(102-53(6)89)76-84-63(50-103-76)74(96)82-60(47-79(7,8)78(99)100)44-55-30-34-59(35-31-55)81-70(93)39-37-67(91)62(45-54-23-14-13-15-24-54)83-71(94)38-36-61(90)48-80-69(92)40-41-72(95)87-49-58-27-17-16-25-56(58)32-33-57-26-18-19-28-64(57)87/h13-19,23-28,30-31,34-35,50-52,60,62,65-66,68,73H,10-12,20-22,29,36-49H2,1-9H3,(H,80,92)(H,81,93)(H,82,96)(H,83,94)(H,85,97)(H,99,100)/t52-,60-,62-,65+,66+,68+,73-/m0/s1. The zero-order chi connectivity index (χ0) is 74.8. The Morgan fingerprint density at radius 2 is 1.42 bits per heavy atom. The number of likely N-dealkylation sites (tertiary alicyclic amines) is 1. The lowest BCUT2D eigenvalue weighted by atomic mass is 9.84. The number of thiazole rings is 1. The Bertz CT molecular complexity index is 3830. The smallest absolute Gasteiger partial charge is 0.309 e. The number of unbranched alkanes of at least 4 members (excludes halogenated alkanes) is 2. The largest absolute Gasteiger partial charge is 0.481 e. The zero-order valence-corrected chi connectivity index (χ0v) is 61.6. The molecular weight excluding hydrogens is 1330 g/mol. The number of nitrogens with one attached hydrogen (secondary N) is 5. The molecule has 0 radical (unpaired) electrons. The van der Waals surface area contributed by atoms with Gasteiger partial charge in [0.25, 0.3) is 11.8 Å². The Balaban J connectivity index is 0.932. The molecule has 2 aliphatic heterocycles. The van der Waals surface area contributed by atoms with Crippen LogP contribution in [0.4, 0.5) is 11.4 Å². The van der Waals surface area contributed by atoms with Crippen molar-refractivity contribution in [2.75, 3.05) is 37.0 Å². The van der Waals surface area contributed by atoms with Gasteiger partial charge in [0.1, 0.15) is 16.7 Å². The number of para-hydroxylation sites is 1. The monoisotopic (exact) mass is 1430 g/mol. The summed E-state index contributed by atoms with van der Waals surface area (Å²) in [5.41, 5.74) is 3.51. The lowest BCUT2D eigenvalue weighted by molar-refractivity contribution is -0.213. The van der Waals surface area contributed by atoms with Gasteiger partial charge in [0.2, 0.25) is 29.5 Å². The molecule has 0 spiro atoms. The number of esters is 1. The van der Waals surface area contributed by atoms with Crippen LogP contribution in [-0.2, 0) is 76.9 Å². The van der Waals surface area contributed by atoms with E-state index in [-0.39, 0.29) is 124 Å². The Morgan fingerprint density at radius 3 is 2.11 bits per heavy atom. The number of hydroxylamine groups is 2. The van der Waals surface area contributed by atoms with Gasteiger partial charge in [0, 0.05) is 80.1 Å². The van der Waals surface area contributed by atoms with Gasteiger partial charge in [-0.1, -0.05) is 145 Å². The zero-order valence-electron chi connectivity index (χ0n) is 60.8. The number of benzene rings is 4. The number of anilines is 2. The van der Waals surface area contributed by atoms with Crippen LogP contribution in [0.1, 0.15) is 201 Å². The van der Waals surface area contributed by atoms with E-state index in [0.29, 0.717) is 41.8 Å². The Kier molecular flexibility index (Phi) is 31.3. The number of fused-ring (bicyclic) bond motifs is 2. The van der Waals surface area contributed by atoms with Crippen molar-refractivity contribution in [1.29, 1.82) is 0 Å². The molecule has 1 aromatic heterocycles. The van der Waals surface area contributed by atoms with Gasteiger partial charge in [0.15, 0.2) is 17.7 Å². The molecule has 0 aliphatic carbocycles. The first-order valence-electron chi connectivity index (χ1n) is 35.9. The molecule has 1 fully saturated rings. The maximum atomic E-state index is 15.0. The van der Waals surface area contributed by atoms with Crippen molar-refractivity contribution < 1.29 is 67.4 Å². The second-order valence-electron chi connectivity index (χ2n) is 27.8. The summed E-state index contributed by atoms with van der Waals surface area (Å²) >= 11 is 1.09. The first-order valence-corrected chi connectivity index (χ1v) is 36.8. The average molecular weight is 1430 g/mol. The molecule has 23 nitrogen and oxygen atoms in total. The molecule has 7 atom stereocenters. The van der Waals surface area contributed by atoms with Crippen LogP contribution < -0.4 is 31.5 Å². The van der Waals surface area contributed by atoms with E-state index in [1.807, 2.05) is 94.2 Å². The number of aromatic nitrogens is 1. The number of carbonyl (C=O) groups excluding carboxylic acids is 10. The summed E-state index contributed by atoms with van der Waals surface area (Å²) in [6, 6.07) is 26.8. The highest BCUT2D eigenvalue weighted by Crippen LogP contribution is 2.34. The van der Waals surface area contributed by atoms with Gasteiger partial charge in [-0.15, -0.1) is 11.3 Å². The highest BCUT2D eigenvalue weighted by molar-refractivity contribution is 7.09. The fraction of sp³-hybridized carbons (Fsp3) is 0.494. The predicted octanol–water partition coefficient (Wildman–Crippen LogP) is 10.2. The molecule has 7 rings (SSSR count). The van der Waals surface area contributed by atoms with Gasteiger partial charge in [-0.05, 0) is 125 Å². The molecule has 7 amide bonds. The lowest BCUT2D eigenvalue weighted by Gasteiger charge is -2.39. The average Bonchev–Trinajstić information content (AvgIpc) is 1.61. The van der Waals surface area contributed by atoms with E-state index in [1.54, 1.807) is 67.3 Å². The van der Waals surface area contributed by atoms with Crippen LogP contribution in [-0.4, -0.2) is 142 Å². The summed E-state index contributed by atoms with van der Waals surface area (Å²) in [6.07, 6.45) is 3.58. The summed E-state index contributed by atoms with van der Waals surface area (Å²) in [6.45, 7) is 15.1. The number of ketones is 2. The molecule has 0 bridgehead atoms. The topological polar surface area (TPSA) is 309 Å². The highest BCUT2D eigenvalue weighted by atomic mass is 32.1. The van der Waals surface area contributed by atoms with E-state index >= 15 is 0 Å². The summed E-state index contributed by atoms with van der Waals surface area (Å²) in [5.74, 6) is 0.135. The van der Waals surface area contributed by atoms with Crippen LogP contribution in [0.5, 0.6) is 0 Å². The number of Topliss-reactive ketones (excluding diaryl/α,β-unsaturated/α-hetero) is 2. The van der Waals surface area contributed by atoms with Crippen molar-refractivity contribution in [2.45, 2.75) is 207 Å². The maximum absolute atomic E-state index is 15.0. The van der Waals surface area contributed by atoms with Crippen molar-refractivity contribution in [2.24, 2.45) is 17.3 Å². The van der Waals surface area contributed by atoms with Gasteiger partial charge in [-0.2, -0.15) is 0 Å². The normalized spacial score (nSPS) is 15.3.